The van der Waals surface area contributed by atoms with Gasteiger partial charge in [-0.1, -0.05) is 48.9 Å². The third-order valence-corrected chi connectivity index (χ3v) is 4.68. The van der Waals surface area contributed by atoms with Crippen molar-refractivity contribution in [1.29, 1.82) is 0 Å². The summed E-state index contributed by atoms with van der Waals surface area (Å²) >= 11 is 6.00. The fourth-order valence-electron chi connectivity index (χ4n) is 3.25. The molecular weight excluding hydrogens is 362 g/mol. The molecule has 0 saturated carbocycles. The van der Waals surface area contributed by atoms with Gasteiger partial charge in [0.25, 0.3) is 0 Å². The van der Waals surface area contributed by atoms with E-state index >= 15 is 0 Å². The molecule has 0 spiro atoms. The number of halogens is 1. The minimum Gasteiger partial charge on any atom is -0.443 e. The maximum atomic E-state index is 13.0. The van der Waals surface area contributed by atoms with Crippen LogP contribution >= 0.6 is 11.6 Å². The predicted octanol–water partition coefficient (Wildman–Crippen LogP) is 6.04. The standard InChI is InChI=1S/C22H22ClNO3/c1-14(15-9-11-16(23)12-10-15)20-18(13-25)17-7-5-6-8-19(17)24(20)21(26)27-22(2,3)4/h5-14H,1-4H3/t14-/m1/s1. The van der Waals surface area contributed by atoms with Gasteiger partial charge in [-0.3, -0.25) is 4.79 Å². The van der Waals surface area contributed by atoms with E-state index in [1.807, 2.05) is 64.1 Å². The van der Waals surface area contributed by atoms with Crippen molar-refractivity contribution >= 4 is 34.9 Å². The van der Waals surface area contributed by atoms with Crippen molar-refractivity contribution in [1.82, 2.24) is 4.57 Å². The highest BCUT2D eigenvalue weighted by Crippen LogP contribution is 2.34. The minimum atomic E-state index is -0.648. The largest absolute Gasteiger partial charge is 0.443 e. The maximum absolute atomic E-state index is 13.0. The van der Waals surface area contributed by atoms with Crippen LogP contribution in [-0.4, -0.2) is 22.5 Å². The summed E-state index contributed by atoms with van der Waals surface area (Å²) in [6.45, 7) is 7.42. The van der Waals surface area contributed by atoms with Gasteiger partial charge in [-0.25, -0.2) is 9.36 Å². The van der Waals surface area contributed by atoms with Gasteiger partial charge in [0.05, 0.1) is 5.52 Å². The van der Waals surface area contributed by atoms with Gasteiger partial charge < -0.3 is 4.74 Å². The Morgan fingerprint density at radius 1 is 1.11 bits per heavy atom. The first-order valence-corrected chi connectivity index (χ1v) is 9.18. The van der Waals surface area contributed by atoms with Gasteiger partial charge in [0.1, 0.15) is 5.60 Å². The minimum absolute atomic E-state index is 0.206. The first-order valence-electron chi connectivity index (χ1n) is 8.80. The van der Waals surface area contributed by atoms with Crippen LogP contribution in [0, 0.1) is 0 Å². The van der Waals surface area contributed by atoms with Crippen molar-refractivity contribution in [2.45, 2.75) is 39.2 Å². The number of hydrogen-bond donors (Lipinski definition) is 0. The number of para-hydroxylation sites is 1. The van der Waals surface area contributed by atoms with Gasteiger partial charge in [0.15, 0.2) is 6.29 Å². The van der Waals surface area contributed by atoms with Crippen LogP contribution in [0.1, 0.15) is 55.2 Å². The molecule has 5 heteroatoms. The highest BCUT2D eigenvalue weighted by Gasteiger charge is 2.28. The number of aldehydes is 1. The van der Waals surface area contributed by atoms with Crippen molar-refractivity contribution < 1.29 is 14.3 Å². The van der Waals surface area contributed by atoms with Crippen molar-refractivity contribution in [3.63, 3.8) is 0 Å². The Morgan fingerprint density at radius 3 is 2.33 bits per heavy atom. The molecule has 0 bridgehead atoms. The molecule has 0 aliphatic rings. The highest BCUT2D eigenvalue weighted by molar-refractivity contribution is 6.30. The molecular formula is C22H22ClNO3. The van der Waals surface area contributed by atoms with Gasteiger partial charge in [-0.15, -0.1) is 0 Å². The van der Waals surface area contributed by atoms with Crippen molar-refractivity contribution in [2.75, 3.05) is 0 Å². The molecule has 0 N–H and O–H groups in total. The second-order valence-electron chi connectivity index (χ2n) is 7.52. The Kier molecular flexibility index (Phi) is 5.11. The third kappa shape index (κ3) is 3.76. The first kappa shape index (κ1) is 19.2. The van der Waals surface area contributed by atoms with E-state index < -0.39 is 11.7 Å². The predicted molar refractivity (Wildman–Crippen MR) is 108 cm³/mol. The van der Waals surface area contributed by atoms with E-state index in [2.05, 4.69) is 0 Å². The molecule has 4 nitrogen and oxygen atoms in total. The molecule has 0 saturated heterocycles. The summed E-state index contributed by atoms with van der Waals surface area (Å²) in [5, 5.41) is 1.36. The molecule has 0 radical (unpaired) electrons. The van der Waals surface area contributed by atoms with Crippen LogP contribution in [0.4, 0.5) is 4.79 Å². The topological polar surface area (TPSA) is 48.3 Å². The van der Waals surface area contributed by atoms with Crippen LogP contribution in [0.5, 0.6) is 0 Å². The van der Waals surface area contributed by atoms with Crippen LogP contribution in [-0.2, 0) is 4.74 Å². The number of carbonyl (C=O) groups is 2. The zero-order chi connectivity index (χ0) is 19.8. The Bertz CT molecular complexity index is 997. The molecule has 3 aromatic rings. The smallest absolute Gasteiger partial charge is 0.419 e. The van der Waals surface area contributed by atoms with Crippen LogP contribution in [0.2, 0.25) is 5.02 Å². The summed E-state index contributed by atoms with van der Waals surface area (Å²) < 4.78 is 7.14. The van der Waals surface area contributed by atoms with Gasteiger partial charge >= 0.3 is 6.09 Å². The lowest BCUT2D eigenvalue weighted by Gasteiger charge is -2.22. The van der Waals surface area contributed by atoms with Gasteiger partial charge in [-0.2, -0.15) is 0 Å². The normalized spacial score (nSPS) is 12.8. The molecule has 2 aromatic carbocycles. The summed E-state index contributed by atoms with van der Waals surface area (Å²) in [6, 6.07) is 14.8. The van der Waals surface area contributed by atoms with E-state index in [4.69, 9.17) is 16.3 Å². The fourth-order valence-corrected chi connectivity index (χ4v) is 3.37. The van der Waals surface area contributed by atoms with Gasteiger partial charge in [0.2, 0.25) is 0 Å². The van der Waals surface area contributed by atoms with Crippen molar-refractivity contribution in [3.05, 3.63) is 70.4 Å². The van der Waals surface area contributed by atoms with Crippen LogP contribution in [0.3, 0.4) is 0 Å². The van der Waals surface area contributed by atoms with Gasteiger partial charge in [-0.05, 0) is 44.5 Å². The van der Waals surface area contributed by atoms with Crippen molar-refractivity contribution in [2.24, 2.45) is 0 Å². The Labute approximate surface area is 163 Å². The van der Waals surface area contributed by atoms with Crippen LogP contribution in [0.15, 0.2) is 48.5 Å². The quantitative estimate of drug-likeness (QED) is 0.518. The molecule has 0 amide bonds. The molecule has 140 valence electrons. The number of nitrogens with zero attached hydrogens (tertiary/aromatic N) is 1. The zero-order valence-corrected chi connectivity index (χ0v) is 16.6. The van der Waals surface area contributed by atoms with Crippen LogP contribution in [0.25, 0.3) is 10.9 Å². The number of carbonyl (C=O) groups excluding carboxylic acids is 2. The van der Waals surface area contributed by atoms with E-state index in [1.165, 1.54) is 4.57 Å². The molecule has 0 aliphatic carbocycles. The average molecular weight is 384 g/mol. The SMILES string of the molecule is C[C@H](c1ccc(Cl)cc1)c1c(C=O)c2ccccc2n1C(=O)OC(C)(C)C. The molecule has 27 heavy (non-hydrogen) atoms. The van der Waals surface area contributed by atoms with E-state index in [0.29, 0.717) is 21.8 Å². The highest BCUT2D eigenvalue weighted by atomic mass is 35.5. The fraction of sp³-hybridized carbons (Fsp3) is 0.273. The summed E-state index contributed by atoms with van der Waals surface area (Å²) in [5.74, 6) is -0.206. The van der Waals surface area contributed by atoms with Gasteiger partial charge in [0, 0.05) is 27.6 Å². The monoisotopic (exact) mass is 383 g/mol. The molecule has 3 rings (SSSR count). The molecule has 1 atom stereocenters. The summed E-state index contributed by atoms with van der Waals surface area (Å²) in [6.07, 6.45) is 0.313. The van der Waals surface area contributed by atoms with E-state index in [9.17, 15) is 9.59 Å². The lowest BCUT2D eigenvalue weighted by atomic mass is 9.94. The second kappa shape index (κ2) is 7.20. The Hall–Kier alpha value is -2.59. The number of benzene rings is 2. The molecule has 0 aliphatic heterocycles. The zero-order valence-electron chi connectivity index (χ0n) is 15.8. The van der Waals surface area contributed by atoms with Crippen molar-refractivity contribution in [3.8, 4) is 0 Å². The lowest BCUT2D eigenvalue weighted by Crippen LogP contribution is -2.28. The first-order chi connectivity index (χ1) is 12.7. The molecule has 1 aromatic heterocycles. The number of rotatable bonds is 3. The van der Waals surface area contributed by atoms with E-state index in [1.54, 1.807) is 12.1 Å². The number of ether oxygens (including phenoxy) is 1. The van der Waals surface area contributed by atoms with E-state index in [-0.39, 0.29) is 5.92 Å². The summed E-state index contributed by atoms with van der Waals surface area (Å²) in [7, 11) is 0. The van der Waals surface area contributed by atoms with E-state index in [0.717, 1.165) is 17.2 Å². The van der Waals surface area contributed by atoms with Crippen LogP contribution < -0.4 is 0 Å². The maximum Gasteiger partial charge on any atom is 0.419 e. The number of hydrogen-bond acceptors (Lipinski definition) is 3. The lowest BCUT2D eigenvalue weighted by molar-refractivity contribution is 0.0539. The second-order valence-corrected chi connectivity index (χ2v) is 7.96. The summed E-state index contributed by atoms with van der Waals surface area (Å²) in [5.41, 5.74) is 2.08. The Morgan fingerprint density at radius 2 is 1.74 bits per heavy atom. The number of aromatic nitrogens is 1. The number of fused-ring (bicyclic) bond motifs is 1. The Balaban J connectivity index is 2.26. The third-order valence-electron chi connectivity index (χ3n) is 4.43. The average Bonchev–Trinajstić information content (AvgIpc) is 2.94. The summed E-state index contributed by atoms with van der Waals surface area (Å²) in [4.78, 5) is 25.0. The molecule has 0 unspecified atom stereocenters. The molecule has 1 heterocycles. The molecule has 0 fully saturated rings.